The summed E-state index contributed by atoms with van der Waals surface area (Å²) in [6.07, 6.45) is 1.45. The van der Waals surface area contributed by atoms with Crippen LogP contribution in [0.3, 0.4) is 0 Å². The average molecular weight is 196 g/mol. The van der Waals surface area contributed by atoms with E-state index in [1.165, 1.54) is 6.26 Å². The highest BCUT2D eigenvalue weighted by Crippen LogP contribution is 2.29. The van der Waals surface area contributed by atoms with Crippen molar-refractivity contribution in [2.45, 2.75) is 0 Å². The lowest BCUT2D eigenvalue weighted by Gasteiger charge is -2.07. The number of hydrogen-bond acceptors (Lipinski definition) is 1. The Morgan fingerprint density at radius 3 is 2.27 bits per heavy atom. The maximum Gasteiger partial charge on any atom is 0.134 e. The summed E-state index contributed by atoms with van der Waals surface area (Å²) in [6, 6.07) is 18.1. The minimum atomic E-state index is 0.832. The third-order valence-corrected chi connectivity index (χ3v) is 2.18. The van der Waals surface area contributed by atoms with Crippen molar-refractivity contribution in [2.75, 3.05) is 0 Å². The number of para-hydroxylation sites is 1. The van der Waals surface area contributed by atoms with Gasteiger partial charge in [0.2, 0.25) is 0 Å². The van der Waals surface area contributed by atoms with E-state index in [-0.39, 0.29) is 0 Å². The molecule has 0 fully saturated rings. The zero-order valence-corrected chi connectivity index (χ0v) is 8.39. The topological polar surface area (TPSA) is 9.23 Å². The monoisotopic (exact) mass is 196 g/mol. The van der Waals surface area contributed by atoms with E-state index in [2.05, 4.69) is 18.7 Å². The first-order valence-electron chi connectivity index (χ1n) is 4.84. The summed E-state index contributed by atoms with van der Waals surface area (Å²) in [6.45, 7) is 3.57. The Morgan fingerprint density at radius 1 is 0.867 bits per heavy atom. The van der Waals surface area contributed by atoms with Gasteiger partial charge in [-0.15, -0.1) is 0 Å². The second kappa shape index (κ2) is 4.47. The van der Waals surface area contributed by atoms with Crippen LogP contribution in [0.15, 0.2) is 67.4 Å². The summed E-state index contributed by atoms with van der Waals surface area (Å²) in [4.78, 5) is 0. The van der Waals surface area contributed by atoms with Crippen LogP contribution in [0.5, 0.6) is 5.75 Å². The first-order valence-corrected chi connectivity index (χ1v) is 4.84. The second-order valence-electron chi connectivity index (χ2n) is 3.15. The summed E-state index contributed by atoms with van der Waals surface area (Å²) >= 11 is 0. The number of rotatable bonds is 3. The van der Waals surface area contributed by atoms with E-state index in [9.17, 15) is 0 Å². The van der Waals surface area contributed by atoms with Crippen molar-refractivity contribution < 1.29 is 4.74 Å². The van der Waals surface area contributed by atoms with E-state index in [0.29, 0.717) is 0 Å². The standard InChI is InChI=1S/C14H12O/c1-2-15-14-11-7-6-10-13(14)12-8-4-3-5-9-12/h2-11H,1H2. The van der Waals surface area contributed by atoms with Gasteiger partial charge in [-0.1, -0.05) is 55.1 Å². The van der Waals surface area contributed by atoms with Gasteiger partial charge in [-0.2, -0.15) is 0 Å². The van der Waals surface area contributed by atoms with Crippen molar-refractivity contribution in [3.63, 3.8) is 0 Å². The van der Waals surface area contributed by atoms with Crippen LogP contribution in [-0.2, 0) is 0 Å². The fourth-order valence-electron chi connectivity index (χ4n) is 1.52. The molecule has 15 heavy (non-hydrogen) atoms. The summed E-state index contributed by atoms with van der Waals surface area (Å²) in [7, 11) is 0. The van der Waals surface area contributed by atoms with Crippen molar-refractivity contribution in [3.05, 3.63) is 67.4 Å². The van der Waals surface area contributed by atoms with Crippen molar-refractivity contribution in [3.8, 4) is 16.9 Å². The van der Waals surface area contributed by atoms with Crippen LogP contribution >= 0.6 is 0 Å². The van der Waals surface area contributed by atoms with Crippen LogP contribution in [0.25, 0.3) is 11.1 Å². The Balaban J connectivity index is 2.48. The van der Waals surface area contributed by atoms with Gasteiger partial charge in [0.15, 0.2) is 0 Å². The van der Waals surface area contributed by atoms with Crippen molar-refractivity contribution in [2.24, 2.45) is 0 Å². The molecule has 0 bridgehead atoms. The van der Waals surface area contributed by atoms with E-state index in [4.69, 9.17) is 4.74 Å². The van der Waals surface area contributed by atoms with Crippen molar-refractivity contribution in [1.29, 1.82) is 0 Å². The molecule has 0 atom stereocenters. The van der Waals surface area contributed by atoms with E-state index in [1.807, 2.05) is 42.5 Å². The molecule has 2 rings (SSSR count). The molecule has 0 heterocycles. The lowest BCUT2D eigenvalue weighted by atomic mass is 10.1. The smallest absolute Gasteiger partial charge is 0.134 e. The Kier molecular flexibility index (Phi) is 2.84. The molecule has 0 N–H and O–H groups in total. The first kappa shape index (κ1) is 9.53. The molecule has 0 saturated carbocycles. The Morgan fingerprint density at radius 2 is 1.53 bits per heavy atom. The van der Waals surface area contributed by atoms with Crippen LogP contribution in [0.1, 0.15) is 0 Å². The summed E-state index contributed by atoms with van der Waals surface area (Å²) < 4.78 is 5.36. The van der Waals surface area contributed by atoms with E-state index < -0.39 is 0 Å². The number of hydrogen-bond donors (Lipinski definition) is 0. The third kappa shape index (κ3) is 2.08. The molecular formula is C14H12O. The number of benzene rings is 2. The number of ether oxygens (including phenoxy) is 1. The Hall–Kier alpha value is -2.02. The second-order valence-corrected chi connectivity index (χ2v) is 3.15. The van der Waals surface area contributed by atoms with Gasteiger partial charge in [-0.3, -0.25) is 0 Å². The van der Waals surface area contributed by atoms with Gasteiger partial charge in [0.05, 0.1) is 6.26 Å². The Labute approximate surface area is 89.6 Å². The van der Waals surface area contributed by atoms with Gasteiger partial charge < -0.3 is 4.74 Å². The molecular weight excluding hydrogens is 184 g/mol. The minimum absolute atomic E-state index is 0.832. The molecule has 0 radical (unpaired) electrons. The van der Waals surface area contributed by atoms with Crippen LogP contribution in [0.2, 0.25) is 0 Å². The van der Waals surface area contributed by atoms with E-state index in [1.54, 1.807) is 0 Å². The fourth-order valence-corrected chi connectivity index (χ4v) is 1.52. The molecule has 0 aromatic heterocycles. The maximum atomic E-state index is 5.36. The first-order chi connectivity index (χ1) is 7.42. The molecule has 2 aromatic rings. The molecule has 0 spiro atoms. The van der Waals surface area contributed by atoms with Crippen molar-refractivity contribution in [1.82, 2.24) is 0 Å². The van der Waals surface area contributed by atoms with E-state index >= 15 is 0 Å². The van der Waals surface area contributed by atoms with Gasteiger partial charge in [0.1, 0.15) is 5.75 Å². The van der Waals surface area contributed by atoms with Crippen LogP contribution < -0.4 is 4.74 Å². The highest BCUT2D eigenvalue weighted by atomic mass is 16.5. The fraction of sp³-hybridized carbons (Fsp3) is 0. The average Bonchev–Trinajstić information content (AvgIpc) is 2.31. The Bertz CT molecular complexity index is 446. The highest BCUT2D eigenvalue weighted by Gasteiger charge is 2.03. The lowest BCUT2D eigenvalue weighted by Crippen LogP contribution is -1.85. The van der Waals surface area contributed by atoms with Gasteiger partial charge in [-0.05, 0) is 11.6 Å². The molecule has 0 aliphatic heterocycles. The lowest BCUT2D eigenvalue weighted by molar-refractivity contribution is 0.485. The molecule has 0 aliphatic rings. The predicted octanol–water partition coefficient (Wildman–Crippen LogP) is 3.88. The zero-order chi connectivity index (χ0) is 10.5. The maximum absolute atomic E-state index is 5.36. The van der Waals surface area contributed by atoms with Gasteiger partial charge in [-0.25, -0.2) is 0 Å². The predicted molar refractivity (Wildman–Crippen MR) is 62.7 cm³/mol. The molecule has 74 valence electrons. The van der Waals surface area contributed by atoms with Crippen LogP contribution in [0, 0.1) is 0 Å². The van der Waals surface area contributed by atoms with Gasteiger partial charge >= 0.3 is 0 Å². The zero-order valence-electron chi connectivity index (χ0n) is 8.39. The molecule has 1 heteroatoms. The summed E-state index contributed by atoms with van der Waals surface area (Å²) in [5, 5.41) is 0. The van der Waals surface area contributed by atoms with Gasteiger partial charge in [0.25, 0.3) is 0 Å². The molecule has 2 aromatic carbocycles. The molecule has 0 amide bonds. The molecule has 1 nitrogen and oxygen atoms in total. The van der Waals surface area contributed by atoms with Gasteiger partial charge in [0, 0.05) is 5.56 Å². The molecule has 0 aliphatic carbocycles. The van der Waals surface area contributed by atoms with Crippen LogP contribution in [-0.4, -0.2) is 0 Å². The largest absolute Gasteiger partial charge is 0.465 e. The SMILES string of the molecule is C=COc1ccccc1-c1ccccc1. The quantitative estimate of drug-likeness (QED) is 0.677. The third-order valence-electron chi connectivity index (χ3n) is 2.18. The normalized spacial score (nSPS) is 9.60. The minimum Gasteiger partial charge on any atom is -0.465 e. The molecule has 0 saturated heterocycles. The van der Waals surface area contributed by atoms with Crippen LogP contribution in [0.4, 0.5) is 0 Å². The molecule has 0 unspecified atom stereocenters. The van der Waals surface area contributed by atoms with Crippen molar-refractivity contribution >= 4 is 0 Å². The summed E-state index contributed by atoms with van der Waals surface area (Å²) in [5.74, 6) is 0.832. The highest BCUT2D eigenvalue weighted by molar-refractivity contribution is 5.70. The summed E-state index contributed by atoms with van der Waals surface area (Å²) in [5.41, 5.74) is 2.23. The van der Waals surface area contributed by atoms with E-state index in [0.717, 1.165) is 16.9 Å².